The molecular weight excluding hydrogens is 616 g/mol. The van der Waals surface area contributed by atoms with Gasteiger partial charge in [0.25, 0.3) is 5.69 Å². The number of sulfonamides is 1. The van der Waals surface area contributed by atoms with Crippen molar-refractivity contribution in [1.29, 1.82) is 0 Å². The molecule has 2 aliphatic heterocycles. The van der Waals surface area contributed by atoms with Crippen LogP contribution in [0.3, 0.4) is 0 Å². The third-order valence-corrected chi connectivity index (χ3v) is 11.6. The van der Waals surface area contributed by atoms with Crippen molar-refractivity contribution in [2.24, 2.45) is 0 Å². The van der Waals surface area contributed by atoms with Crippen LogP contribution in [0.25, 0.3) is 0 Å². The van der Waals surface area contributed by atoms with Gasteiger partial charge in [-0.1, -0.05) is 61.5 Å². The second-order valence-electron chi connectivity index (χ2n) is 12.9. The molecule has 2 aliphatic rings. The highest BCUT2D eigenvalue weighted by molar-refractivity contribution is 7.89. The van der Waals surface area contributed by atoms with Crippen molar-refractivity contribution >= 4 is 21.8 Å². The lowest BCUT2D eigenvalue weighted by Gasteiger charge is -2.44. The summed E-state index contributed by atoms with van der Waals surface area (Å²) in [4.78, 5) is 28.4. The average Bonchev–Trinajstić information content (AvgIpc) is 3.32. The van der Waals surface area contributed by atoms with E-state index >= 15 is 0 Å². The Morgan fingerprint density at radius 3 is 2.19 bits per heavy atom. The van der Waals surface area contributed by atoms with Gasteiger partial charge in [0.15, 0.2) is 0 Å². The zero-order valence-corrected chi connectivity index (χ0v) is 27.9. The number of hydrogen-bond donors (Lipinski definition) is 0. The van der Waals surface area contributed by atoms with Gasteiger partial charge in [0.05, 0.1) is 9.82 Å². The smallest absolute Gasteiger partial charge is 0.410 e. The second-order valence-corrected chi connectivity index (χ2v) is 15.0. The molecule has 3 aromatic carbocycles. The fraction of sp³-hybridized carbons (Fsp3) is 0.417. The van der Waals surface area contributed by atoms with Crippen LogP contribution in [-0.4, -0.2) is 78.3 Å². The van der Waals surface area contributed by atoms with Crippen molar-refractivity contribution < 1.29 is 22.9 Å². The van der Waals surface area contributed by atoms with Crippen LogP contribution >= 0.6 is 0 Å². The number of nitro groups is 1. The predicted octanol–water partition coefficient (Wildman–Crippen LogP) is 6.38. The monoisotopic (exact) mass is 660 g/mol. The molecule has 0 spiro atoms. The van der Waals surface area contributed by atoms with E-state index in [1.54, 1.807) is 54.4 Å². The van der Waals surface area contributed by atoms with E-state index in [0.29, 0.717) is 30.7 Å². The van der Waals surface area contributed by atoms with Crippen molar-refractivity contribution in [2.45, 2.75) is 74.1 Å². The molecule has 2 bridgehead atoms. The maximum absolute atomic E-state index is 13.5. The van der Waals surface area contributed by atoms with Crippen LogP contribution in [0.4, 0.5) is 10.5 Å². The van der Waals surface area contributed by atoms with E-state index in [1.165, 1.54) is 16.4 Å². The molecule has 1 unspecified atom stereocenters. The number of carbonyl (C=O) groups excluding carboxylic acids is 1. The fourth-order valence-electron chi connectivity index (χ4n) is 7.20. The van der Waals surface area contributed by atoms with Crippen LogP contribution in [0.1, 0.15) is 50.2 Å². The number of likely N-dealkylation sites (N-methyl/N-ethyl adjacent to an activating group) is 1. The number of nitrogens with zero attached hydrogens (tertiary/aromatic N) is 4. The molecule has 11 heteroatoms. The Balaban J connectivity index is 1.24. The van der Waals surface area contributed by atoms with Gasteiger partial charge in [0.2, 0.25) is 10.0 Å². The minimum atomic E-state index is -3.66. The first-order valence-electron chi connectivity index (χ1n) is 16.1. The minimum Gasteiger partial charge on any atom is -0.445 e. The highest BCUT2D eigenvalue weighted by Crippen LogP contribution is 2.40. The molecule has 0 aromatic heterocycles. The van der Waals surface area contributed by atoms with Crippen molar-refractivity contribution in [3.63, 3.8) is 0 Å². The standard InChI is InChI=1S/C36H44N4O6S/c1-4-22-39(35(41)46-26-28-15-17-30(18-16-28)40(42)43)33-24-31-19-20-32(25-33)38(31)23-21-36(2,29-11-7-5-8-12-29)27-37(3)47(44,45)34-13-9-6-10-14-34/h4-18,31-33H,1,19-27H2,2-3H3/t31-,32+,33?,36-/m0/s1. The number of piperidine rings is 1. The number of ether oxygens (including phenoxy) is 1. The van der Waals surface area contributed by atoms with E-state index in [1.807, 2.05) is 24.3 Å². The first-order chi connectivity index (χ1) is 22.5. The van der Waals surface area contributed by atoms with E-state index in [-0.39, 0.29) is 23.2 Å². The highest BCUT2D eigenvalue weighted by atomic mass is 32.2. The number of nitro benzene ring substituents is 1. The number of hydrogen-bond acceptors (Lipinski definition) is 7. The molecular formula is C36H44N4O6S. The normalized spacial score (nSPS) is 20.8. The summed E-state index contributed by atoms with van der Waals surface area (Å²) in [5.41, 5.74) is 1.35. The van der Waals surface area contributed by atoms with Gasteiger partial charge in [-0.15, -0.1) is 6.58 Å². The molecule has 10 nitrogen and oxygen atoms in total. The maximum atomic E-state index is 13.5. The van der Waals surface area contributed by atoms with Crippen LogP contribution < -0.4 is 0 Å². The lowest BCUT2D eigenvalue weighted by atomic mass is 9.79. The highest BCUT2D eigenvalue weighted by Gasteiger charge is 2.44. The van der Waals surface area contributed by atoms with Gasteiger partial charge in [0, 0.05) is 55.8 Å². The second kappa shape index (κ2) is 14.8. The predicted molar refractivity (Wildman–Crippen MR) is 181 cm³/mol. The van der Waals surface area contributed by atoms with Gasteiger partial charge < -0.3 is 9.64 Å². The number of non-ortho nitro benzene ring substituents is 1. The Bertz CT molecular complexity index is 1620. The Hall–Kier alpha value is -4.06. The molecule has 2 saturated heterocycles. The summed E-state index contributed by atoms with van der Waals surface area (Å²) in [5, 5.41) is 11.0. The van der Waals surface area contributed by atoms with Gasteiger partial charge in [0.1, 0.15) is 6.61 Å². The van der Waals surface area contributed by atoms with Crippen LogP contribution in [0, 0.1) is 10.1 Å². The minimum absolute atomic E-state index is 0.00812. The number of amides is 1. The quantitative estimate of drug-likeness (QED) is 0.112. The first-order valence-corrected chi connectivity index (χ1v) is 17.6. The zero-order valence-electron chi connectivity index (χ0n) is 27.1. The molecule has 0 aliphatic carbocycles. The summed E-state index contributed by atoms with van der Waals surface area (Å²) in [5.74, 6) is 0. The van der Waals surface area contributed by atoms with Crippen LogP contribution in [-0.2, 0) is 26.8 Å². The van der Waals surface area contributed by atoms with Gasteiger partial charge in [-0.05, 0) is 74.0 Å². The van der Waals surface area contributed by atoms with Crippen molar-refractivity contribution in [3.05, 3.63) is 119 Å². The van der Waals surface area contributed by atoms with Crippen molar-refractivity contribution in [3.8, 4) is 0 Å². The summed E-state index contributed by atoms with van der Waals surface area (Å²) < 4.78 is 34.1. The average molecular weight is 661 g/mol. The van der Waals surface area contributed by atoms with Gasteiger partial charge in [-0.25, -0.2) is 17.5 Å². The third kappa shape index (κ3) is 7.91. The summed E-state index contributed by atoms with van der Waals surface area (Å²) >= 11 is 0. The van der Waals surface area contributed by atoms with Gasteiger partial charge in [-0.2, -0.15) is 0 Å². The van der Waals surface area contributed by atoms with Gasteiger partial charge >= 0.3 is 6.09 Å². The molecule has 1 amide bonds. The number of fused-ring (bicyclic) bond motifs is 2. The number of benzene rings is 3. The van der Waals surface area contributed by atoms with Crippen molar-refractivity contribution in [2.75, 3.05) is 26.7 Å². The fourth-order valence-corrected chi connectivity index (χ4v) is 8.51. The van der Waals surface area contributed by atoms with Gasteiger partial charge in [-0.3, -0.25) is 15.0 Å². The molecule has 0 radical (unpaired) electrons. The Morgan fingerprint density at radius 1 is 1.02 bits per heavy atom. The molecule has 0 saturated carbocycles. The van der Waals surface area contributed by atoms with E-state index in [0.717, 1.165) is 44.2 Å². The zero-order chi connectivity index (χ0) is 33.6. The summed E-state index contributed by atoms with van der Waals surface area (Å²) in [6.07, 6.45) is 5.81. The van der Waals surface area contributed by atoms with Crippen LogP contribution in [0.5, 0.6) is 0 Å². The maximum Gasteiger partial charge on any atom is 0.410 e. The summed E-state index contributed by atoms with van der Waals surface area (Å²) in [6, 6.07) is 25.3. The molecule has 5 rings (SSSR count). The molecule has 0 N–H and O–H groups in total. The first kappa shape index (κ1) is 34.3. The van der Waals surface area contributed by atoms with Crippen LogP contribution in [0.15, 0.2) is 102 Å². The van der Waals surface area contributed by atoms with E-state index in [4.69, 9.17) is 4.74 Å². The summed E-state index contributed by atoms with van der Waals surface area (Å²) in [7, 11) is -2.00. The third-order valence-electron chi connectivity index (χ3n) is 9.79. The molecule has 4 atom stereocenters. The van der Waals surface area contributed by atoms with Crippen molar-refractivity contribution in [1.82, 2.24) is 14.1 Å². The largest absolute Gasteiger partial charge is 0.445 e. The Kier molecular flexibility index (Phi) is 10.8. The van der Waals surface area contributed by atoms with E-state index in [9.17, 15) is 23.3 Å². The lowest BCUT2D eigenvalue weighted by molar-refractivity contribution is -0.384. The van der Waals surface area contributed by atoms with Crippen LogP contribution in [0.2, 0.25) is 0 Å². The number of carbonyl (C=O) groups is 1. The Morgan fingerprint density at radius 2 is 1.62 bits per heavy atom. The molecule has 250 valence electrons. The molecule has 3 aromatic rings. The SMILES string of the molecule is C=CCN(C(=O)OCc1ccc([N+](=O)[O-])cc1)C1C[C@H]2CC[C@@H](C1)N2CC[C@@](C)(CN(C)S(=O)(=O)c1ccccc1)c1ccccc1. The Labute approximate surface area is 277 Å². The topological polar surface area (TPSA) is 113 Å². The van der Waals surface area contributed by atoms with E-state index in [2.05, 4.69) is 30.5 Å². The summed E-state index contributed by atoms with van der Waals surface area (Å²) in [6.45, 7) is 7.58. The van der Waals surface area contributed by atoms with E-state index < -0.39 is 26.5 Å². The number of rotatable bonds is 14. The molecule has 47 heavy (non-hydrogen) atoms. The molecule has 2 fully saturated rings. The molecule has 2 heterocycles. The lowest BCUT2D eigenvalue weighted by Crippen LogP contribution is -2.53.